The second-order valence-corrected chi connectivity index (χ2v) is 4.02. The topological polar surface area (TPSA) is 55.1 Å². The quantitative estimate of drug-likeness (QED) is 0.882. The zero-order valence-electron chi connectivity index (χ0n) is 9.22. The molecule has 0 aliphatic rings. The monoisotopic (exact) mass is 250 g/mol. The molecule has 17 heavy (non-hydrogen) atoms. The summed E-state index contributed by atoms with van der Waals surface area (Å²) in [6, 6.07) is 8.34. The molecule has 0 atom stereocenters. The molecule has 88 valence electrons. The fraction of sp³-hybridized carbons (Fsp3) is 0.167. The van der Waals surface area contributed by atoms with Crippen LogP contribution >= 0.6 is 11.6 Å². The minimum atomic E-state index is -0.312. The number of aromatic nitrogens is 2. The lowest BCUT2D eigenvalue weighted by molar-refractivity contribution is 0.279. The van der Waals surface area contributed by atoms with Gasteiger partial charge >= 0.3 is 0 Å². The van der Waals surface area contributed by atoms with Gasteiger partial charge in [0, 0.05) is 11.6 Å². The Bertz CT molecular complexity index is 608. The van der Waals surface area contributed by atoms with E-state index in [1.54, 1.807) is 31.2 Å². The van der Waals surface area contributed by atoms with Gasteiger partial charge in [0.25, 0.3) is 5.56 Å². The van der Waals surface area contributed by atoms with Crippen LogP contribution < -0.4 is 5.56 Å². The third kappa shape index (κ3) is 2.23. The van der Waals surface area contributed by atoms with Crippen molar-refractivity contribution in [3.05, 3.63) is 57.0 Å². The van der Waals surface area contributed by atoms with E-state index in [9.17, 15) is 4.79 Å². The van der Waals surface area contributed by atoms with Crippen molar-refractivity contribution in [1.29, 1.82) is 0 Å². The highest BCUT2D eigenvalue weighted by Crippen LogP contribution is 2.17. The van der Waals surface area contributed by atoms with E-state index in [0.717, 1.165) is 0 Å². The molecule has 0 amide bonds. The van der Waals surface area contributed by atoms with Crippen LogP contribution in [0.1, 0.15) is 11.3 Å². The third-order valence-electron chi connectivity index (χ3n) is 2.47. The first-order valence-corrected chi connectivity index (χ1v) is 5.47. The van der Waals surface area contributed by atoms with Crippen molar-refractivity contribution in [3.63, 3.8) is 0 Å². The number of aryl methyl sites for hydroxylation is 1. The van der Waals surface area contributed by atoms with Crippen LogP contribution in [0.2, 0.25) is 5.02 Å². The Morgan fingerprint density at radius 2 is 2.12 bits per heavy atom. The normalized spacial score (nSPS) is 10.5. The second-order valence-electron chi connectivity index (χ2n) is 3.61. The summed E-state index contributed by atoms with van der Waals surface area (Å²) in [5.74, 6) is 0. The van der Waals surface area contributed by atoms with E-state index in [0.29, 0.717) is 22.0 Å². The van der Waals surface area contributed by atoms with E-state index in [1.165, 1.54) is 10.7 Å². The van der Waals surface area contributed by atoms with E-state index < -0.39 is 0 Å². The summed E-state index contributed by atoms with van der Waals surface area (Å²) >= 11 is 6.01. The number of rotatable bonds is 2. The van der Waals surface area contributed by atoms with Crippen LogP contribution in [0.3, 0.4) is 0 Å². The molecular weight excluding hydrogens is 240 g/mol. The molecule has 1 aromatic heterocycles. The molecule has 1 aromatic carbocycles. The van der Waals surface area contributed by atoms with Gasteiger partial charge in [-0.05, 0) is 19.1 Å². The van der Waals surface area contributed by atoms with Gasteiger partial charge in [-0.3, -0.25) is 4.79 Å². The molecule has 0 saturated heterocycles. The van der Waals surface area contributed by atoms with Crippen LogP contribution in [0.4, 0.5) is 0 Å². The average molecular weight is 251 g/mol. The highest BCUT2D eigenvalue weighted by molar-refractivity contribution is 6.32. The van der Waals surface area contributed by atoms with Gasteiger partial charge in [0.2, 0.25) is 0 Å². The van der Waals surface area contributed by atoms with Crippen LogP contribution in [0.15, 0.2) is 35.1 Å². The first kappa shape index (κ1) is 11.8. The summed E-state index contributed by atoms with van der Waals surface area (Å²) in [6.45, 7) is 1.54. The minimum absolute atomic E-state index is 0.197. The summed E-state index contributed by atoms with van der Waals surface area (Å²) in [5, 5.41) is 13.6. The Kier molecular flexibility index (Phi) is 3.26. The Morgan fingerprint density at radius 3 is 2.76 bits per heavy atom. The molecule has 0 radical (unpaired) electrons. The summed E-state index contributed by atoms with van der Waals surface area (Å²) in [7, 11) is 0. The summed E-state index contributed by atoms with van der Waals surface area (Å²) < 4.78 is 1.23. The zero-order valence-corrected chi connectivity index (χ0v) is 9.98. The molecule has 0 saturated carbocycles. The maximum atomic E-state index is 11.8. The number of para-hydroxylation sites is 1. The van der Waals surface area contributed by atoms with Crippen LogP contribution in [-0.2, 0) is 6.61 Å². The lowest BCUT2D eigenvalue weighted by Crippen LogP contribution is -2.22. The van der Waals surface area contributed by atoms with Crippen molar-refractivity contribution in [2.45, 2.75) is 13.5 Å². The van der Waals surface area contributed by atoms with Crippen LogP contribution in [-0.4, -0.2) is 14.9 Å². The second kappa shape index (κ2) is 4.69. The van der Waals surface area contributed by atoms with E-state index >= 15 is 0 Å². The van der Waals surface area contributed by atoms with Crippen molar-refractivity contribution in [1.82, 2.24) is 9.78 Å². The number of aliphatic hydroxyl groups excluding tert-OH is 1. The van der Waals surface area contributed by atoms with Crippen molar-refractivity contribution in [2.75, 3.05) is 0 Å². The van der Waals surface area contributed by atoms with Crippen molar-refractivity contribution < 1.29 is 5.11 Å². The summed E-state index contributed by atoms with van der Waals surface area (Å²) in [6.07, 6.45) is 0. The van der Waals surface area contributed by atoms with Crippen LogP contribution in [0.5, 0.6) is 0 Å². The molecule has 2 aromatic rings. The van der Waals surface area contributed by atoms with Crippen LogP contribution in [0.25, 0.3) is 5.69 Å². The molecule has 1 heterocycles. The molecule has 0 bridgehead atoms. The molecule has 0 aliphatic heterocycles. The van der Waals surface area contributed by atoms with Crippen molar-refractivity contribution in [2.24, 2.45) is 0 Å². The molecule has 5 heteroatoms. The number of hydrogen-bond acceptors (Lipinski definition) is 3. The first-order chi connectivity index (χ1) is 8.13. The fourth-order valence-electron chi connectivity index (χ4n) is 1.53. The van der Waals surface area contributed by atoms with E-state index in [2.05, 4.69) is 5.10 Å². The predicted molar refractivity (Wildman–Crippen MR) is 65.5 cm³/mol. The van der Waals surface area contributed by atoms with Gasteiger partial charge in [0.05, 0.1) is 23.0 Å². The first-order valence-electron chi connectivity index (χ1n) is 5.09. The number of hydrogen-bond donors (Lipinski definition) is 1. The summed E-state index contributed by atoms with van der Waals surface area (Å²) in [4.78, 5) is 11.8. The maximum absolute atomic E-state index is 11.8. The highest BCUT2D eigenvalue weighted by Gasteiger charge is 2.08. The Morgan fingerprint density at radius 1 is 1.41 bits per heavy atom. The van der Waals surface area contributed by atoms with Gasteiger partial charge in [0.1, 0.15) is 0 Å². The Hall–Kier alpha value is -1.65. The molecule has 4 nitrogen and oxygen atoms in total. The number of nitrogens with zero attached hydrogens (tertiary/aromatic N) is 2. The molecule has 0 aliphatic carbocycles. The largest absolute Gasteiger partial charge is 0.392 e. The molecule has 0 unspecified atom stereocenters. The number of benzene rings is 1. The highest BCUT2D eigenvalue weighted by atomic mass is 35.5. The molecule has 2 rings (SSSR count). The van der Waals surface area contributed by atoms with E-state index in [-0.39, 0.29) is 12.2 Å². The van der Waals surface area contributed by atoms with Gasteiger partial charge in [-0.2, -0.15) is 9.78 Å². The van der Waals surface area contributed by atoms with Gasteiger partial charge in [-0.1, -0.05) is 23.7 Å². The fourth-order valence-corrected chi connectivity index (χ4v) is 1.75. The van der Waals surface area contributed by atoms with Gasteiger partial charge in [-0.15, -0.1) is 0 Å². The molecule has 0 spiro atoms. The zero-order chi connectivity index (χ0) is 12.4. The molecule has 0 fully saturated rings. The molecular formula is C12H11ClN2O2. The Balaban J connectivity index is 2.66. The van der Waals surface area contributed by atoms with Crippen LogP contribution in [0, 0.1) is 6.92 Å². The van der Waals surface area contributed by atoms with Crippen molar-refractivity contribution >= 4 is 11.6 Å². The third-order valence-corrected chi connectivity index (χ3v) is 2.79. The van der Waals surface area contributed by atoms with Gasteiger partial charge in [-0.25, -0.2) is 0 Å². The summed E-state index contributed by atoms with van der Waals surface area (Å²) in [5.41, 5.74) is 1.35. The molecule has 1 N–H and O–H groups in total. The average Bonchev–Trinajstić information content (AvgIpc) is 2.32. The van der Waals surface area contributed by atoms with Crippen molar-refractivity contribution in [3.8, 4) is 5.69 Å². The maximum Gasteiger partial charge on any atom is 0.271 e. The Labute approximate surface area is 103 Å². The number of halogens is 1. The van der Waals surface area contributed by atoms with E-state index in [4.69, 9.17) is 16.7 Å². The number of aliphatic hydroxyl groups is 1. The SMILES string of the molecule is Cc1nn(-c2ccccc2Cl)c(=O)cc1CO. The smallest absolute Gasteiger partial charge is 0.271 e. The standard InChI is InChI=1S/C12H11ClN2O2/c1-8-9(7-16)6-12(17)15(14-8)11-5-3-2-4-10(11)13/h2-6,16H,7H2,1H3. The van der Waals surface area contributed by atoms with E-state index in [1.807, 2.05) is 0 Å². The minimum Gasteiger partial charge on any atom is -0.392 e. The van der Waals surface area contributed by atoms with Gasteiger partial charge in [0.15, 0.2) is 0 Å². The van der Waals surface area contributed by atoms with Gasteiger partial charge < -0.3 is 5.11 Å². The lowest BCUT2D eigenvalue weighted by atomic mass is 10.2. The predicted octanol–water partition coefficient (Wildman–Crippen LogP) is 1.69. The lowest BCUT2D eigenvalue weighted by Gasteiger charge is -2.09.